The molecular weight excluding hydrogens is 281 g/mol. The lowest BCUT2D eigenvalue weighted by Crippen LogP contribution is -2.34. The lowest BCUT2D eigenvalue weighted by atomic mass is 10.2. The first kappa shape index (κ1) is 15.4. The molecule has 1 heterocycles. The fraction of sp³-hybridized carbons (Fsp3) is 0.538. The van der Waals surface area contributed by atoms with E-state index in [4.69, 9.17) is 5.73 Å². The number of sulfonamides is 1. The fourth-order valence-electron chi connectivity index (χ4n) is 2.37. The summed E-state index contributed by atoms with van der Waals surface area (Å²) in [4.78, 5) is 1.72. The molecule has 20 heavy (non-hydrogen) atoms. The summed E-state index contributed by atoms with van der Waals surface area (Å²) in [6.45, 7) is 1.00. The fourth-order valence-corrected chi connectivity index (χ4v) is 3.91. The van der Waals surface area contributed by atoms with Crippen molar-refractivity contribution in [1.29, 1.82) is 0 Å². The molecule has 1 fully saturated rings. The summed E-state index contributed by atoms with van der Waals surface area (Å²) < 4.78 is 40.2. The standard InChI is InChI=1S/C13H20FN3O2S/c1-16(2)11-5-6-17(9-11)20(18,19)13-4-3-10(8-15)7-12(13)14/h3-4,7,11H,5-6,8-9,15H2,1-2H3. The Morgan fingerprint density at radius 3 is 2.65 bits per heavy atom. The predicted molar refractivity (Wildman–Crippen MR) is 75.1 cm³/mol. The van der Waals surface area contributed by atoms with Crippen LogP contribution in [-0.2, 0) is 16.6 Å². The first-order chi connectivity index (χ1) is 9.36. The number of hydrogen-bond donors (Lipinski definition) is 1. The van der Waals surface area contributed by atoms with Crippen molar-refractivity contribution in [3.8, 4) is 0 Å². The van der Waals surface area contributed by atoms with E-state index in [1.165, 1.54) is 16.4 Å². The van der Waals surface area contributed by atoms with Gasteiger partial charge in [-0.05, 0) is 38.2 Å². The molecule has 0 spiro atoms. The topological polar surface area (TPSA) is 66.6 Å². The highest BCUT2D eigenvalue weighted by molar-refractivity contribution is 7.89. The van der Waals surface area contributed by atoms with E-state index >= 15 is 0 Å². The van der Waals surface area contributed by atoms with Crippen molar-refractivity contribution >= 4 is 10.0 Å². The molecule has 1 atom stereocenters. The van der Waals surface area contributed by atoms with Gasteiger partial charge >= 0.3 is 0 Å². The molecule has 0 aliphatic carbocycles. The van der Waals surface area contributed by atoms with Crippen LogP contribution in [0.2, 0.25) is 0 Å². The molecule has 5 nitrogen and oxygen atoms in total. The second-order valence-corrected chi connectivity index (χ2v) is 7.14. The largest absolute Gasteiger partial charge is 0.326 e. The molecule has 112 valence electrons. The first-order valence-electron chi connectivity index (χ1n) is 6.51. The maximum atomic E-state index is 14.0. The van der Waals surface area contributed by atoms with Crippen LogP contribution in [0.1, 0.15) is 12.0 Å². The van der Waals surface area contributed by atoms with Gasteiger partial charge in [0.2, 0.25) is 10.0 Å². The van der Waals surface area contributed by atoms with E-state index in [1.54, 1.807) is 6.07 Å². The summed E-state index contributed by atoms with van der Waals surface area (Å²) in [5.74, 6) is -0.735. The predicted octanol–water partition coefficient (Wildman–Crippen LogP) is 0.609. The van der Waals surface area contributed by atoms with Gasteiger partial charge in [0.25, 0.3) is 0 Å². The van der Waals surface area contributed by atoms with Gasteiger partial charge in [-0.1, -0.05) is 6.07 Å². The third kappa shape index (κ3) is 2.85. The average molecular weight is 301 g/mol. The van der Waals surface area contributed by atoms with Gasteiger partial charge in [0.1, 0.15) is 10.7 Å². The molecule has 1 aromatic carbocycles. The molecular formula is C13H20FN3O2S. The number of nitrogens with two attached hydrogens (primary N) is 1. The van der Waals surface area contributed by atoms with Crippen LogP contribution in [0.25, 0.3) is 0 Å². The second-order valence-electron chi connectivity index (χ2n) is 5.24. The molecule has 2 N–H and O–H groups in total. The van der Waals surface area contributed by atoms with Crippen molar-refractivity contribution in [2.75, 3.05) is 27.2 Å². The molecule has 2 rings (SSSR count). The molecule has 0 aromatic heterocycles. The second kappa shape index (κ2) is 5.77. The summed E-state index contributed by atoms with van der Waals surface area (Å²) in [6, 6.07) is 4.22. The van der Waals surface area contributed by atoms with Crippen molar-refractivity contribution in [2.45, 2.75) is 23.9 Å². The third-order valence-corrected chi connectivity index (χ3v) is 5.60. The lowest BCUT2D eigenvalue weighted by molar-refractivity contribution is 0.302. The quantitative estimate of drug-likeness (QED) is 0.885. The van der Waals surface area contributed by atoms with Crippen LogP contribution in [0.3, 0.4) is 0 Å². The highest BCUT2D eigenvalue weighted by Crippen LogP contribution is 2.25. The molecule has 1 aliphatic rings. The van der Waals surface area contributed by atoms with Gasteiger partial charge in [-0.2, -0.15) is 4.31 Å². The highest BCUT2D eigenvalue weighted by Gasteiger charge is 2.34. The lowest BCUT2D eigenvalue weighted by Gasteiger charge is -2.20. The van der Waals surface area contributed by atoms with Gasteiger partial charge in [-0.3, -0.25) is 0 Å². The number of likely N-dealkylation sites (N-methyl/N-ethyl adjacent to an activating group) is 1. The summed E-state index contributed by atoms with van der Waals surface area (Å²) in [5.41, 5.74) is 6.00. The van der Waals surface area contributed by atoms with Gasteiger partial charge in [0.15, 0.2) is 0 Å². The molecule has 0 bridgehead atoms. The maximum absolute atomic E-state index is 14.0. The Balaban J connectivity index is 2.27. The molecule has 0 amide bonds. The van der Waals surface area contributed by atoms with Gasteiger partial charge in [-0.15, -0.1) is 0 Å². The SMILES string of the molecule is CN(C)C1CCN(S(=O)(=O)c2ccc(CN)cc2F)C1. The van der Waals surface area contributed by atoms with E-state index < -0.39 is 15.8 Å². The van der Waals surface area contributed by atoms with Crippen molar-refractivity contribution in [3.63, 3.8) is 0 Å². The summed E-state index contributed by atoms with van der Waals surface area (Å²) in [7, 11) is 0.0583. The molecule has 7 heteroatoms. The van der Waals surface area contributed by atoms with Crippen LogP contribution in [-0.4, -0.2) is 50.8 Å². The average Bonchev–Trinajstić information content (AvgIpc) is 2.88. The molecule has 1 saturated heterocycles. The van der Waals surface area contributed by atoms with Crippen LogP contribution >= 0.6 is 0 Å². The Morgan fingerprint density at radius 1 is 1.45 bits per heavy atom. The zero-order valence-corrected chi connectivity index (χ0v) is 12.5. The summed E-state index contributed by atoms with van der Waals surface area (Å²) in [6.07, 6.45) is 0.759. The van der Waals surface area contributed by atoms with E-state index in [1.807, 2.05) is 19.0 Å². The number of nitrogens with zero attached hydrogens (tertiary/aromatic N) is 2. The minimum absolute atomic E-state index is 0.177. The Labute approximate surface area is 119 Å². The minimum Gasteiger partial charge on any atom is -0.326 e. The smallest absolute Gasteiger partial charge is 0.246 e. The molecule has 0 radical (unpaired) electrons. The number of hydrogen-bond acceptors (Lipinski definition) is 4. The highest BCUT2D eigenvalue weighted by atomic mass is 32.2. The van der Waals surface area contributed by atoms with Gasteiger partial charge in [0, 0.05) is 25.7 Å². The molecule has 1 unspecified atom stereocenters. The maximum Gasteiger partial charge on any atom is 0.246 e. The van der Waals surface area contributed by atoms with E-state index in [-0.39, 0.29) is 17.5 Å². The zero-order valence-electron chi connectivity index (χ0n) is 11.7. The normalized spacial score (nSPS) is 20.8. The Morgan fingerprint density at radius 2 is 2.15 bits per heavy atom. The van der Waals surface area contributed by atoms with E-state index in [0.717, 1.165) is 6.42 Å². The Hall–Kier alpha value is -1.02. The van der Waals surface area contributed by atoms with E-state index in [2.05, 4.69) is 0 Å². The molecule has 1 aliphatic heterocycles. The van der Waals surface area contributed by atoms with Crippen LogP contribution < -0.4 is 5.73 Å². The van der Waals surface area contributed by atoms with Crippen molar-refractivity contribution in [3.05, 3.63) is 29.6 Å². The number of benzene rings is 1. The van der Waals surface area contributed by atoms with Gasteiger partial charge in [0.05, 0.1) is 0 Å². The van der Waals surface area contributed by atoms with E-state index in [9.17, 15) is 12.8 Å². The summed E-state index contributed by atoms with van der Waals surface area (Å²) >= 11 is 0. The zero-order chi connectivity index (χ0) is 14.9. The Bertz CT molecular complexity index is 589. The van der Waals surface area contributed by atoms with Crippen molar-refractivity contribution in [2.24, 2.45) is 5.73 Å². The Kier molecular flexibility index (Phi) is 4.43. The molecule has 1 aromatic rings. The van der Waals surface area contributed by atoms with Gasteiger partial charge < -0.3 is 10.6 Å². The van der Waals surface area contributed by atoms with Gasteiger partial charge in [-0.25, -0.2) is 12.8 Å². The van der Waals surface area contributed by atoms with Crippen molar-refractivity contribution < 1.29 is 12.8 Å². The number of halogens is 1. The van der Waals surface area contributed by atoms with Crippen LogP contribution in [0.15, 0.2) is 23.1 Å². The van der Waals surface area contributed by atoms with E-state index in [0.29, 0.717) is 18.7 Å². The number of rotatable bonds is 4. The monoisotopic (exact) mass is 301 g/mol. The third-order valence-electron chi connectivity index (χ3n) is 3.71. The van der Waals surface area contributed by atoms with Crippen LogP contribution in [0.5, 0.6) is 0 Å². The van der Waals surface area contributed by atoms with Crippen LogP contribution in [0, 0.1) is 5.82 Å². The van der Waals surface area contributed by atoms with Crippen molar-refractivity contribution in [1.82, 2.24) is 9.21 Å². The summed E-state index contributed by atoms with van der Waals surface area (Å²) in [5, 5.41) is 0. The molecule has 0 saturated carbocycles. The first-order valence-corrected chi connectivity index (χ1v) is 7.95. The minimum atomic E-state index is -3.77. The van der Waals surface area contributed by atoms with Crippen LogP contribution in [0.4, 0.5) is 4.39 Å².